The molecule has 0 saturated carbocycles. The van der Waals surface area contributed by atoms with Crippen molar-refractivity contribution in [1.29, 1.82) is 0 Å². The molecular weight excluding hydrogens is 228 g/mol. The minimum absolute atomic E-state index is 0.0807. The van der Waals surface area contributed by atoms with E-state index in [2.05, 4.69) is 37.6 Å². The molecule has 0 aliphatic rings. The van der Waals surface area contributed by atoms with Gasteiger partial charge in [0.1, 0.15) is 0 Å². The summed E-state index contributed by atoms with van der Waals surface area (Å²) < 4.78 is 0.145. The largest absolute Gasteiger partial charge is 0.393 e. The van der Waals surface area contributed by atoms with Crippen molar-refractivity contribution in [2.75, 3.05) is 12.8 Å². The maximum Gasteiger partial charge on any atom is 0.226 e. The average Bonchev–Trinajstić information content (AvgIpc) is 2.20. The summed E-state index contributed by atoms with van der Waals surface area (Å²) in [6.07, 6.45) is 4.30. The van der Waals surface area contributed by atoms with E-state index >= 15 is 0 Å². The first kappa shape index (κ1) is 14.7. The van der Waals surface area contributed by atoms with Crippen molar-refractivity contribution in [3.63, 3.8) is 0 Å². The number of nitrogens with two attached hydrogens (primary N) is 1. The second kappa shape index (κ2) is 7.06. The van der Waals surface area contributed by atoms with Gasteiger partial charge in [-0.15, -0.1) is 0 Å². The number of thiocarbonyl (C=S) groups is 1. The summed E-state index contributed by atoms with van der Waals surface area (Å²) in [4.78, 5) is 11.6. The molecule has 0 aliphatic heterocycles. The number of hydrogen-bond acceptors (Lipinski definition) is 3. The van der Waals surface area contributed by atoms with E-state index in [9.17, 15) is 4.79 Å². The summed E-state index contributed by atoms with van der Waals surface area (Å²) in [5, 5.41) is 2.88. The van der Waals surface area contributed by atoms with E-state index in [1.54, 1.807) is 11.8 Å². The van der Waals surface area contributed by atoms with Crippen LogP contribution in [0.3, 0.4) is 0 Å². The fourth-order valence-electron chi connectivity index (χ4n) is 1.34. The van der Waals surface area contributed by atoms with Crippen molar-refractivity contribution in [3.05, 3.63) is 0 Å². The van der Waals surface area contributed by atoms with Crippen molar-refractivity contribution in [2.45, 2.75) is 37.9 Å². The van der Waals surface area contributed by atoms with Gasteiger partial charge in [0, 0.05) is 11.3 Å². The number of nitrogens with one attached hydrogen (secondary N) is 1. The van der Waals surface area contributed by atoms with Crippen LogP contribution in [0.5, 0.6) is 0 Å². The third-order valence-corrected chi connectivity index (χ3v) is 4.40. The van der Waals surface area contributed by atoms with Gasteiger partial charge in [-0.2, -0.15) is 11.8 Å². The van der Waals surface area contributed by atoms with Crippen LogP contribution in [0.1, 0.15) is 33.1 Å². The first-order valence-corrected chi connectivity index (χ1v) is 6.73. The lowest BCUT2D eigenvalue weighted by atomic mass is 10.0. The summed E-state index contributed by atoms with van der Waals surface area (Å²) in [5.74, 6) is -0.0807. The molecule has 5 heteroatoms. The van der Waals surface area contributed by atoms with Crippen LogP contribution < -0.4 is 11.1 Å². The van der Waals surface area contributed by atoms with Crippen LogP contribution in [0, 0.1) is 0 Å². The van der Waals surface area contributed by atoms with Crippen molar-refractivity contribution in [3.8, 4) is 0 Å². The summed E-state index contributed by atoms with van der Waals surface area (Å²) >= 11 is 6.48. The zero-order chi connectivity index (χ0) is 11.9. The highest BCUT2D eigenvalue weighted by Crippen LogP contribution is 2.29. The fourth-order valence-corrected chi connectivity index (χ4v) is 2.27. The highest BCUT2D eigenvalue weighted by Gasteiger charge is 2.25. The Balaban J connectivity index is 4.10. The Kier molecular flexibility index (Phi) is 6.92. The molecule has 3 N–H and O–H groups in total. The molecular formula is C10H20N2OS2. The first-order valence-electron chi connectivity index (χ1n) is 5.09. The van der Waals surface area contributed by atoms with Gasteiger partial charge in [-0.1, -0.05) is 26.1 Å². The number of thioether (sulfide) groups is 1. The normalized spacial score (nSPS) is 11.1. The van der Waals surface area contributed by atoms with Crippen molar-refractivity contribution < 1.29 is 4.79 Å². The Hall–Kier alpha value is -0.290. The molecule has 88 valence electrons. The number of carbonyl (C=O) groups is 1. The molecule has 0 radical (unpaired) electrons. The van der Waals surface area contributed by atoms with E-state index < -0.39 is 0 Å². The van der Waals surface area contributed by atoms with E-state index in [1.165, 1.54) is 0 Å². The van der Waals surface area contributed by atoms with E-state index in [4.69, 9.17) is 5.73 Å². The maximum absolute atomic E-state index is 11.4. The van der Waals surface area contributed by atoms with Gasteiger partial charge in [0.05, 0.1) is 11.4 Å². The number of hydrogen-bond donors (Lipinski definition) is 2. The lowest BCUT2D eigenvalue weighted by Crippen LogP contribution is -2.40. The Bertz CT molecular complexity index is 219. The van der Waals surface area contributed by atoms with Gasteiger partial charge in [-0.3, -0.25) is 4.79 Å². The smallest absolute Gasteiger partial charge is 0.226 e. The van der Waals surface area contributed by atoms with Crippen LogP contribution in [-0.4, -0.2) is 28.4 Å². The van der Waals surface area contributed by atoms with Crippen molar-refractivity contribution in [2.24, 2.45) is 5.73 Å². The van der Waals surface area contributed by atoms with E-state index in [-0.39, 0.29) is 22.1 Å². The zero-order valence-corrected chi connectivity index (χ0v) is 11.3. The summed E-state index contributed by atoms with van der Waals surface area (Å²) in [6.45, 7) is 4.96. The molecule has 0 rings (SSSR count). The molecule has 0 heterocycles. The van der Waals surface area contributed by atoms with Crippen LogP contribution >= 0.6 is 24.0 Å². The van der Waals surface area contributed by atoms with Gasteiger partial charge in [0.25, 0.3) is 0 Å². The molecule has 0 unspecified atom stereocenters. The molecule has 0 aliphatic carbocycles. The highest BCUT2D eigenvalue weighted by molar-refractivity contribution is 8.00. The van der Waals surface area contributed by atoms with Crippen LogP contribution in [0.2, 0.25) is 0 Å². The number of amides is 1. The van der Waals surface area contributed by atoms with Gasteiger partial charge in [-0.25, -0.2) is 0 Å². The molecule has 0 aromatic heterocycles. The Morgan fingerprint density at radius 1 is 1.47 bits per heavy atom. The molecule has 0 saturated heterocycles. The van der Waals surface area contributed by atoms with Gasteiger partial charge < -0.3 is 11.1 Å². The van der Waals surface area contributed by atoms with E-state index in [0.29, 0.717) is 6.54 Å². The SMILES string of the molecule is CCC(CC)(CNC(=O)CC(N)=S)SC. The van der Waals surface area contributed by atoms with E-state index in [0.717, 1.165) is 12.8 Å². The minimum atomic E-state index is -0.0807. The first-order chi connectivity index (χ1) is 6.99. The highest BCUT2D eigenvalue weighted by atomic mass is 32.2. The summed E-state index contributed by atoms with van der Waals surface area (Å²) in [7, 11) is 0. The molecule has 0 atom stereocenters. The maximum atomic E-state index is 11.4. The quantitative estimate of drug-likeness (QED) is 0.673. The lowest BCUT2D eigenvalue weighted by molar-refractivity contribution is -0.120. The molecule has 0 aromatic carbocycles. The minimum Gasteiger partial charge on any atom is -0.393 e. The predicted molar refractivity (Wildman–Crippen MR) is 71.2 cm³/mol. The zero-order valence-electron chi connectivity index (χ0n) is 9.63. The van der Waals surface area contributed by atoms with Gasteiger partial charge in [0.15, 0.2) is 0 Å². The second-order valence-corrected chi connectivity index (χ2v) is 5.31. The summed E-state index contributed by atoms with van der Waals surface area (Å²) in [6, 6.07) is 0. The summed E-state index contributed by atoms with van der Waals surface area (Å²) in [5.41, 5.74) is 5.30. The third kappa shape index (κ3) is 5.37. The predicted octanol–water partition coefficient (Wildman–Crippen LogP) is 1.70. The fraction of sp³-hybridized carbons (Fsp3) is 0.800. The van der Waals surface area contributed by atoms with E-state index in [1.807, 2.05) is 0 Å². The van der Waals surface area contributed by atoms with Crippen molar-refractivity contribution >= 4 is 34.9 Å². The van der Waals surface area contributed by atoms with Crippen LogP contribution in [0.4, 0.5) is 0 Å². The monoisotopic (exact) mass is 248 g/mol. The van der Waals surface area contributed by atoms with Gasteiger partial charge >= 0.3 is 0 Å². The Labute approximate surface area is 102 Å². The van der Waals surface area contributed by atoms with Crippen LogP contribution in [-0.2, 0) is 4.79 Å². The van der Waals surface area contributed by atoms with Crippen LogP contribution in [0.15, 0.2) is 0 Å². The van der Waals surface area contributed by atoms with Crippen molar-refractivity contribution in [1.82, 2.24) is 5.32 Å². The van der Waals surface area contributed by atoms with Crippen LogP contribution in [0.25, 0.3) is 0 Å². The second-order valence-electron chi connectivity index (χ2n) is 3.51. The molecule has 0 bridgehead atoms. The van der Waals surface area contributed by atoms with Gasteiger partial charge in [0.2, 0.25) is 5.91 Å². The topological polar surface area (TPSA) is 55.1 Å². The van der Waals surface area contributed by atoms with Gasteiger partial charge in [-0.05, 0) is 19.1 Å². The molecule has 1 amide bonds. The number of rotatable bonds is 7. The number of carbonyl (C=O) groups excluding carboxylic acids is 1. The molecule has 0 aromatic rings. The third-order valence-electron chi connectivity index (χ3n) is 2.66. The Morgan fingerprint density at radius 2 is 2.00 bits per heavy atom. The average molecular weight is 248 g/mol. The molecule has 0 spiro atoms. The molecule has 3 nitrogen and oxygen atoms in total. The Morgan fingerprint density at radius 3 is 2.33 bits per heavy atom. The molecule has 0 fully saturated rings. The lowest BCUT2D eigenvalue weighted by Gasteiger charge is -2.29. The molecule has 15 heavy (non-hydrogen) atoms. The standard InChI is InChI=1S/C10H20N2OS2/c1-4-10(5-2,15-3)7-12-9(13)6-8(11)14/h4-7H2,1-3H3,(H2,11,14)(H,12,13).